The molecule has 5 aromatic carbocycles. The molecule has 13 nitrogen and oxygen atoms in total. The molecule has 0 amide bonds. The Labute approximate surface area is 332 Å². The van der Waals surface area contributed by atoms with Gasteiger partial charge in [0, 0.05) is 42.3 Å². The van der Waals surface area contributed by atoms with Crippen LogP contribution < -0.4 is 19.5 Å². The minimum Gasteiger partial charge on any atom is -0.496 e. The summed E-state index contributed by atoms with van der Waals surface area (Å²) >= 11 is 0. The summed E-state index contributed by atoms with van der Waals surface area (Å²) in [6.45, 7) is 4.12. The average molecular weight is 783 g/mol. The molecule has 0 aromatic heterocycles. The number of nitrogens with one attached hydrogen (secondary N) is 1. The zero-order valence-electron chi connectivity index (χ0n) is 32.2. The van der Waals surface area contributed by atoms with Crippen molar-refractivity contribution in [3.05, 3.63) is 147 Å². The van der Waals surface area contributed by atoms with E-state index in [9.17, 15) is 10.1 Å². The van der Waals surface area contributed by atoms with Gasteiger partial charge in [0.25, 0.3) is 11.6 Å². The van der Waals surface area contributed by atoms with Gasteiger partial charge in [-0.05, 0) is 58.0 Å². The Hall–Kier alpha value is -5.73. The highest BCUT2D eigenvalue weighted by molar-refractivity contribution is 5.89. The Morgan fingerprint density at radius 1 is 0.772 bits per heavy atom. The quantitative estimate of drug-likeness (QED) is 0.0351. The average Bonchev–Trinajstić information content (AvgIpc) is 3.24. The van der Waals surface area contributed by atoms with Crippen LogP contribution in [0.5, 0.6) is 17.2 Å². The predicted octanol–water partition coefficient (Wildman–Crippen LogP) is 7.36. The first-order valence-electron chi connectivity index (χ1n) is 18.7. The van der Waals surface area contributed by atoms with Crippen LogP contribution in [0.3, 0.4) is 0 Å². The van der Waals surface area contributed by atoms with Gasteiger partial charge in [-0.1, -0.05) is 78.9 Å². The van der Waals surface area contributed by atoms with E-state index in [1.807, 2.05) is 72.8 Å². The third kappa shape index (κ3) is 12.9. The third-order valence-electron chi connectivity index (χ3n) is 9.61. The molecule has 0 radical (unpaired) electrons. The standard InChI is InChI=1S/C43H48N2O9.CH2O2/c1-48-40-11-6-4-9-36(40)29-50-20-7-21-52-38-18-16-34(17-19-38)43-37(30-51-26-31-12-14-32(15-13-31)28-54-45(46)47)24-44-25-42(43)53-27-33-22-35-8-3-5-10-39(35)41(23-33)49-2;2-1-3/h3-6,8-19,22-23,37,42-44H,7,20-21,24-30H2,1-2H3;1H,(H,2,3). The second kappa shape index (κ2) is 22.7. The molecule has 1 heterocycles. The summed E-state index contributed by atoms with van der Waals surface area (Å²) < 4.78 is 36.1. The molecular formula is C44H50N2O11. The molecule has 1 saturated heterocycles. The van der Waals surface area contributed by atoms with E-state index in [4.69, 9.17) is 38.3 Å². The molecule has 302 valence electrons. The molecule has 1 aliphatic heterocycles. The molecule has 0 aliphatic carbocycles. The van der Waals surface area contributed by atoms with Gasteiger partial charge in [-0.15, -0.1) is 10.1 Å². The number of rotatable bonds is 20. The SMILES string of the molecule is COc1ccccc1COCCCOc1ccc(C2C(COCc3ccc(CO[N+](=O)[O-])cc3)CNCC2OCc2cc(OC)c3ccccc3c2)cc1.O=CO. The van der Waals surface area contributed by atoms with E-state index in [0.29, 0.717) is 46.2 Å². The topological polar surface area (TPSA) is 157 Å². The van der Waals surface area contributed by atoms with Gasteiger partial charge in [0.15, 0.2) is 0 Å². The summed E-state index contributed by atoms with van der Waals surface area (Å²) in [6.07, 6.45) is 0.646. The molecule has 0 bridgehead atoms. The van der Waals surface area contributed by atoms with Crippen molar-refractivity contribution >= 4 is 17.2 Å². The van der Waals surface area contributed by atoms with Crippen molar-refractivity contribution in [2.75, 3.05) is 47.1 Å². The van der Waals surface area contributed by atoms with Gasteiger partial charge in [-0.3, -0.25) is 4.79 Å². The normalized spacial score (nSPS) is 16.2. The molecule has 5 aromatic rings. The summed E-state index contributed by atoms with van der Waals surface area (Å²) in [4.78, 5) is 23.4. The largest absolute Gasteiger partial charge is 0.496 e. The second-order valence-electron chi connectivity index (χ2n) is 13.4. The lowest BCUT2D eigenvalue weighted by Crippen LogP contribution is -2.48. The molecule has 3 atom stereocenters. The molecular weight excluding hydrogens is 732 g/mol. The minimum absolute atomic E-state index is 0.0627. The van der Waals surface area contributed by atoms with Gasteiger partial charge < -0.3 is 43.7 Å². The number of para-hydroxylation sites is 1. The molecule has 57 heavy (non-hydrogen) atoms. The summed E-state index contributed by atoms with van der Waals surface area (Å²) in [5.41, 5.74) is 4.93. The maximum atomic E-state index is 10.5. The van der Waals surface area contributed by atoms with Crippen LogP contribution in [0.4, 0.5) is 0 Å². The van der Waals surface area contributed by atoms with E-state index in [2.05, 4.69) is 46.6 Å². The molecule has 0 spiro atoms. The Kier molecular flexibility index (Phi) is 16.9. The summed E-state index contributed by atoms with van der Waals surface area (Å²) in [6, 6.07) is 36.1. The van der Waals surface area contributed by atoms with Gasteiger partial charge in [-0.2, -0.15) is 0 Å². The van der Waals surface area contributed by atoms with Crippen LogP contribution in [-0.2, 0) is 50.3 Å². The molecule has 6 rings (SSSR count). The monoisotopic (exact) mass is 782 g/mol. The van der Waals surface area contributed by atoms with Gasteiger partial charge in [0.05, 0.1) is 60.0 Å². The lowest BCUT2D eigenvalue weighted by Gasteiger charge is -2.39. The van der Waals surface area contributed by atoms with Crippen molar-refractivity contribution < 1.29 is 48.2 Å². The fourth-order valence-electron chi connectivity index (χ4n) is 6.90. The van der Waals surface area contributed by atoms with Crippen LogP contribution in [0.1, 0.15) is 40.2 Å². The van der Waals surface area contributed by atoms with Crippen LogP contribution in [0, 0.1) is 16.0 Å². The first-order chi connectivity index (χ1) is 27.9. The first kappa shape index (κ1) is 42.4. The first-order valence-corrected chi connectivity index (χ1v) is 18.7. The maximum Gasteiger partial charge on any atom is 0.294 e. The Bertz CT molecular complexity index is 1970. The van der Waals surface area contributed by atoms with Gasteiger partial charge in [-0.25, -0.2) is 0 Å². The highest BCUT2D eigenvalue weighted by Gasteiger charge is 2.35. The van der Waals surface area contributed by atoms with E-state index in [1.165, 1.54) is 0 Å². The van der Waals surface area contributed by atoms with Crippen LogP contribution in [0.2, 0.25) is 0 Å². The van der Waals surface area contributed by atoms with Crippen LogP contribution in [0.15, 0.2) is 109 Å². The predicted molar refractivity (Wildman–Crippen MR) is 214 cm³/mol. The molecule has 3 unspecified atom stereocenters. The van der Waals surface area contributed by atoms with E-state index < -0.39 is 5.09 Å². The second-order valence-corrected chi connectivity index (χ2v) is 13.4. The van der Waals surface area contributed by atoms with E-state index in [0.717, 1.165) is 68.8 Å². The van der Waals surface area contributed by atoms with Crippen molar-refractivity contribution in [2.24, 2.45) is 5.92 Å². The number of benzene rings is 5. The zero-order valence-corrected chi connectivity index (χ0v) is 32.2. The minimum atomic E-state index is -0.787. The molecule has 13 heteroatoms. The van der Waals surface area contributed by atoms with Crippen LogP contribution in [-0.4, -0.2) is 69.9 Å². The van der Waals surface area contributed by atoms with E-state index in [-0.39, 0.29) is 31.0 Å². The lowest BCUT2D eigenvalue weighted by atomic mass is 9.79. The Morgan fingerprint density at radius 3 is 2.21 bits per heavy atom. The van der Waals surface area contributed by atoms with Gasteiger partial charge in [0.2, 0.25) is 0 Å². The fourth-order valence-corrected chi connectivity index (χ4v) is 6.90. The van der Waals surface area contributed by atoms with E-state index in [1.54, 1.807) is 14.2 Å². The number of ether oxygens (including phenoxy) is 6. The third-order valence-corrected chi connectivity index (χ3v) is 9.61. The number of hydrogen-bond donors (Lipinski definition) is 2. The van der Waals surface area contributed by atoms with Crippen molar-refractivity contribution in [1.29, 1.82) is 0 Å². The van der Waals surface area contributed by atoms with Crippen molar-refractivity contribution in [3.63, 3.8) is 0 Å². The highest BCUT2D eigenvalue weighted by Crippen LogP contribution is 2.35. The number of methoxy groups -OCH3 is 2. The van der Waals surface area contributed by atoms with E-state index >= 15 is 0 Å². The summed E-state index contributed by atoms with van der Waals surface area (Å²) in [5.74, 6) is 2.65. The number of carbonyl (C=O) groups is 1. The molecule has 1 aliphatic rings. The van der Waals surface area contributed by atoms with Gasteiger partial charge >= 0.3 is 0 Å². The number of hydrogen-bond acceptors (Lipinski definition) is 11. The molecule has 0 saturated carbocycles. The number of nitrogens with zero attached hydrogens (tertiary/aromatic N) is 1. The fraction of sp³-hybridized carbons (Fsp3) is 0.341. The van der Waals surface area contributed by atoms with Crippen LogP contribution in [0.25, 0.3) is 10.8 Å². The van der Waals surface area contributed by atoms with Crippen molar-refractivity contribution in [2.45, 2.75) is 44.9 Å². The summed E-state index contributed by atoms with van der Waals surface area (Å²) in [5, 5.41) is 22.4. The van der Waals surface area contributed by atoms with Crippen LogP contribution >= 0.6 is 0 Å². The number of fused-ring (bicyclic) bond motifs is 1. The smallest absolute Gasteiger partial charge is 0.294 e. The van der Waals surface area contributed by atoms with Crippen molar-refractivity contribution in [3.8, 4) is 17.2 Å². The zero-order chi connectivity index (χ0) is 40.2. The highest BCUT2D eigenvalue weighted by atomic mass is 16.9. The number of piperidine rings is 1. The van der Waals surface area contributed by atoms with Crippen molar-refractivity contribution in [1.82, 2.24) is 5.32 Å². The summed E-state index contributed by atoms with van der Waals surface area (Å²) in [7, 11) is 3.36. The Morgan fingerprint density at radius 2 is 1.47 bits per heavy atom. The lowest BCUT2D eigenvalue weighted by molar-refractivity contribution is -0.763. The maximum absolute atomic E-state index is 10.5. The number of carboxylic acid groups (broad SMARTS) is 1. The molecule has 2 N–H and O–H groups in total. The Balaban J connectivity index is 0.00000200. The molecule has 1 fully saturated rings. The van der Waals surface area contributed by atoms with Gasteiger partial charge in [0.1, 0.15) is 23.9 Å².